The maximum atomic E-state index is 13.7. The van der Waals surface area contributed by atoms with Gasteiger partial charge >= 0.3 is 18.3 Å². The van der Waals surface area contributed by atoms with E-state index in [1.54, 1.807) is 13.8 Å². The number of carbonyl (C=O) groups is 1. The number of aliphatic hydroxyl groups is 1. The van der Waals surface area contributed by atoms with Crippen LogP contribution in [0, 0.1) is 23.2 Å². The van der Waals surface area contributed by atoms with Crippen molar-refractivity contribution in [2.75, 3.05) is 0 Å². The molecule has 0 radical (unpaired) electrons. The summed E-state index contributed by atoms with van der Waals surface area (Å²) >= 11 is 0. The summed E-state index contributed by atoms with van der Waals surface area (Å²) in [5, 5.41) is 10.1. The van der Waals surface area contributed by atoms with Crippen LogP contribution in [0.4, 0.5) is 26.3 Å². The van der Waals surface area contributed by atoms with Crippen LogP contribution in [0.3, 0.4) is 0 Å². The monoisotopic (exact) mass is 416 g/mol. The Balaban J connectivity index is 2.67. The molecule has 3 atom stereocenters. The second-order valence-electron chi connectivity index (χ2n) is 8.85. The molecule has 28 heavy (non-hydrogen) atoms. The summed E-state index contributed by atoms with van der Waals surface area (Å²) in [7, 11) is 0. The highest BCUT2D eigenvalue weighted by Crippen LogP contribution is 2.61. The average Bonchev–Trinajstić information content (AvgIpc) is 2.47. The second-order valence-corrected chi connectivity index (χ2v) is 8.85. The van der Waals surface area contributed by atoms with Crippen LogP contribution in [0.1, 0.15) is 52.9 Å². The molecule has 0 amide bonds. The summed E-state index contributed by atoms with van der Waals surface area (Å²) < 4.78 is 86.9. The van der Waals surface area contributed by atoms with Gasteiger partial charge < -0.3 is 9.84 Å². The Labute approximate surface area is 160 Å². The van der Waals surface area contributed by atoms with Crippen LogP contribution in [0.15, 0.2) is 12.2 Å². The van der Waals surface area contributed by atoms with Gasteiger partial charge in [-0.1, -0.05) is 20.4 Å². The van der Waals surface area contributed by atoms with E-state index >= 15 is 0 Å². The minimum Gasteiger partial charge on any atom is -0.455 e. The molecular weight excluding hydrogens is 390 g/mol. The van der Waals surface area contributed by atoms with E-state index in [1.165, 1.54) is 0 Å². The van der Waals surface area contributed by atoms with Crippen molar-refractivity contribution in [1.29, 1.82) is 0 Å². The molecule has 2 rings (SSSR count). The Morgan fingerprint density at radius 2 is 1.46 bits per heavy atom. The van der Waals surface area contributed by atoms with Crippen molar-refractivity contribution >= 4 is 5.97 Å². The van der Waals surface area contributed by atoms with Crippen LogP contribution in [-0.2, 0) is 9.53 Å². The molecule has 9 heteroatoms. The van der Waals surface area contributed by atoms with Gasteiger partial charge in [0.2, 0.25) is 0 Å². The first-order valence-corrected chi connectivity index (χ1v) is 9.26. The zero-order valence-electron chi connectivity index (χ0n) is 16.1. The molecule has 3 unspecified atom stereocenters. The molecule has 0 saturated heterocycles. The van der Waals surface area contributed by atoms with Crippen molar-refractivity contribution in [3.05, 3.63) is 12.2 Å². The molecule has 0 spiro atoms. The standard InChI is InChI=1S/C19H26F6O3/c1-10(2)14(26)28-15(17(27,18(20,21)22)19(23,24)25)16-7-11(3)5-13(9-16)6-12(4)8-16/h11-13,15,27H,1,5-9H2,2-4H3. The van der Waals surface area contributed by atoms with Crippen LogP contribution in [0.25, 0.3) is 0 Å². The van der Waals surface area contributed by atoms with E-state index in [9.17, 15) is 36.2 Å². The molecule has 2 aliphatic rings. The predicted molar refractivity (Wildman–Crippen MR) is 89.1 cm³/mol. The van der Waals surface area contributed by atoms with Crippen LogP contribution in [0.2, 0.25) is 0 Å². The lowest BCUT2D eigenvalue weighted by Gasteiger charge is -2.56. The fourth-order valence-corrected chi connectivity index (χ4v) is 5.42. The highest BCUT2D eigenvalue weighted by atomic mass is 19.4. The van der Waals surface area contributed by atoms with Crippen LogP contribution in [0.5, 0.6) is 0 Å². The molecule has 0 aliphatic heterocycles. The van der Waals surface area contributed by atoms with E-state index in [4.69, 9.17) is 4.74 Å². The maximum Gasteiger partial charge on any atom is 0.430 e. The van der Waals surface area contributed by atoms with Gasteiger partial charge in [-0.15, -0.1) is 0 Å². The molecule has 2 fully saturated rings. The van der Waals surface area contributed by atoms with Crippen molar-refractivity contribution in [2.24, 2.45) is 23.2 Å². The first-order valence-electron chi connectivity index (χ1n) is 9.26. The molecule has 2 saturated carbocycles. The van der Waals surface area contributed by atoms with E-state index in [0.29, 0.717) is 12.8 Å². The number of hydrogen-bond donors (Lipinski definition) is 1. The number of alkyl halides is 6. The minimum absolute atomic E-state index is 0.0104. The summed E-state index contributed by atoms with van der Waals surface area (Å²) in [6.45, 7) is 7.90. The Kier molecular flexibility index (Phi) is 5.94. The molecule has 3 nitrogen and oxygen atoms in total. The smallest absolute Gasteiger partial charge is 0.430 e. The first kappa shape index (κ1) is 23.0. The van der Waals surface area contributed by atoms with Gasteiger partial charge in [0.25, 0.3) is 5.60 Å². The number of esters is 1. The zero-order valence-corrected chi connectivity index (χ0v) is 16.1. The topological polar surface area (TPSA) is 46.5 Å². The van der Waals surface area contributed by atoms with Crippen LogP contribution < -0.4 is 0 Å². The molecular formula is C19H26F6O3. The average molecular weight is 416 g/mol. The Morgan fingerprint density at radius 1 is 1.04 bits per heavy atom. The maximum absolute atomic E-state index is 13.7. The Morgan fingerprint density at radius 3 is 1.82 bits per heavy atom. The zero-order chi connectivity index (χ0) is 21.7. The van der Waals surface area contributed by atoms with E-state index in [-0.39, 0.29) is 42.6 Å². The number of carbonyl (C=O) groups excluding carboxylic acids is 1. The molecule has 162 valence electrons. The highest BCUT2D eigenvalue weighted by Gasteiger charge is 2.79. The van der Waals surface area contributed by atoms with Gasteiger partial charge in [0.05, 0.1) is 0 Å². The van der Waals surface area contributed by atoms with Crippen molar-refractivity contribution in [2.45, 2.75) is 76.9 Å². The van der Waals surface area contributed by atoms with Gasteiger partial charge in [0, 0.05) is 11.0 Å². The second kappa shape index (κ2) is 7.22. The Bertz CT molecular complexity index is 591. The van der Waals surface area contributed by atoms with Gasteiger partial charge in [-0.25, -0.2) is 4.79 Å². The Hall–Kier alpha value is -1.25. The van der Waals surface area contributed by atoms with Gasteiger partial charge in [-0.05, 0) is 56.8 Å². The van der Waals surface area contributed by atoms with E-state index in [0.717, 1.165) is 6.92 Å². The highest BCUT2D eigenvalue weighted by molar-refractivity contribution is 5.87. The third-order valence-corrected chi connectivity index (χ3v) is 6.05. The predicted octanol–water partition coefficient (Wildman–Crippen LogP) is 5.18. The number of fused-ring (bicyclic) bond motifs is 2. The van der Waals surface area contributed by atoms with Gasteiger partial charge in [0.1, 0.15) is 0 Å². The first-order chi connectivity index (χ1) is 12.5. The quantitative estimate of drug-likeness (QED) is 0.390. The molecule has 0 aromatic heterocycles. The molecule has 0 aromatic rings. The lowest BCUT2D eigenvalue weighted by molar-refractivity contribution is -0.405. The van der Waals surface area contributed by atoms with Gasteiger partial charge in [-0.3, -0.25) is 0 Å². The third kappa shape index (κ3) is 3.91. The normalized spacial score (nSPS) is 32.6. The summed E-state index contributed by atoms with van der Waals surface area (Å²) in [6.07, 6.45) is -13.5. The van der Waals surface area contributed by atoms with Crippen LogP contribution in [-0.4, -0.2) is 35.1 Å². The lowest BCUT2D eigenvalue weighted by atomic mass is 9.52. The number of rotatable bonds is 4. The van der Waals surface area contributed by atoms with E-state index in [1.807, 2.05) is 0 Å². The van der Waals surface area contributed by atoms with E-state index in [2.05, 4.69) is 6.58 Å². The number of hydrogen-bond acceptors (Lipinski definition) is 3. The molecule has 2 bridgehead atoms. The van der Waals surface area contributed by atoms with Gasteiger partial charge in [-0.2, -0.15) is 26.3 Å². The summed E-state index contributed by atoms with van der Waals surface area (Å²) in [6, 6.07) is 0. The van der Waals surface area contributed by atoms with Crippen molar-refractivity contribution in [1.82, 2.24) is 0 Å². The molecule has 0 aromatic carbocycles. The molecule has 0 heterocycles. The van der Waals surface area contributed by atoms with Crippen molar-refractivity contribution in [3.8, 4) is 0 Å². The summed E-state index contributed by atoms with van der Waals surface area (Å²) in [5.41, 5.74) is -7.12. The third-order valence-electron chi connectivity index (χ3n) is 6.05. The minimum atomic E-state index is -6.07. The molecule has 1 N–H and O–H groups in total. The largest absolute Gasteiger partial charge is 0.455 e. The molecule has 2 aliphatic carbocycles. The lowest BCUT2D eigenvalue weighted by Crippen LogP contribution is -2.70. The number of ether oxygens (including phenoxy) is 1. The van der Waals surface area contributed by atoms with Crippen molar-refractivity contribution < 1.29 is 41.0 Å². The fraction of sp³-hybridized carbons (Fsp3) is 0.842. The fourth-order valence-electron chi connectivity index (χ4n) is 5.42. The summed E-state index contributed by atoms with van der Waals surface area (Å²) in [4.78, 5) is 12.0. The SMILES string of the molecule is C=C(C)C(=O)OC(C12CC(C)CC(CC(C)C1)C2)C(O)(C(F)(F)F)C(F)(F)F. The van der Waals surface area contributed by atoms with E-state index < -0.39 is 35.4 Å². The number of halogens is 6. The summed E-state index contributed by atoms with van der Waals surface area (Å²) in [5.74, 6) is -1.76. The van der Waals surface area contributed by atoms with Gasteiger partial charge in [0.15, 0.2) is 6.10 Å². The van der Waals surface area contributed by atoms with Crippen LogP contribution >= 0.6 is 0 Å². The van der Waals surface area contributed by atoms with Crippen molar-refractivity contribution in [3.63, 3.8) is 0 Å².